The first-order valence-corrected chi connectivity index (χ1v) is 8.85. The Hall–Kier alpha value is -3.25. The Kier molecular flexibility index (Phi) is 5.07. The van der Waals surface area contributed by atoms with Gasteiger partial charge < -0.3 is 9.73 Å². The zero-order valence-electron chi connectivity index (χ0n) is 14.3. The van der Waals surface area contributed by atoms with Crippen molar-refractivity contribution < 1.29 is 4.42 Å². The van der Waals surface area contributed by atoms with Crippen LogP contribution < -0.4 is 5.32 Å². The predicted molar refractivity (Wildman–Crippen MR) is 104 cm³/mol. The van der Waals surface area contributed by atoms with Gasteiger partial charge in [-0.15, -0.1) is 5.10 Å². The number of pyridine rings is 2. The first kappa shape index (κ1) is 17.2. The molecule has 4 aromatic rings. The van der Waals surface area contributed by atoms with Crippen LogP contribution in [0.4, 0.5) is 11.7 Å². The third kappa shape index (κ3) is 4.30. The monoisotopic (exact) mass is 377 g/mol. The molecule has 4 rings (SSSR count). The second-order valence-electron chi connectivity index (χ2n) is 5.90. The zero-order valence-corrected chi connectivity index (χ0v) is 15.1. The van der Waals surface area contributed by atoms with Crippen molar-refractivity contribution in [3.05, 3.63) is 83.4 Å². The molecule has 6 nitrogen and oxygen atoms in total. The van der Waals surface area contributed by atoms with Crippen LogP contribution in [0.5, 0.6) is 0 Å². The van der Waals surface area contributed by atoms with E-state index < -0.39 is 0 Å². The van der Waals surface area contributed by atoms with Gasteiger partial charge in [-0.05, 0) is 66.9 Å². The maximum absolute atomic E-state index is 5.90. The number of hydrogen-bond donors (Lipinski definition) is 1. The van der Waals surface area contributed by atoms with Crippen LogP contribution in [0, 0.1) is 0 Å². The van der Waals surface area contributed by atoms with Crippen LogP contribution in [0.2, 0.25) is 5.02 Å². The second-order valence-corrected chi connectivity index (χ2v) is 6.33. The van der Waals surface area contributed by atoms with Crippen LogP contribution in [0.1, 0.15) is 11.3 Å². The lowest BCUT2D eigenvalue weighted by molar-refractivity contribution is 0.586. The molecule has 0 saturated carbocycles. The number of hydrogen-bond acceptors (Lipinski definition) is 6. The van der Waals surface area contributed by atoms with Crippen molar-refractivity contribution in [2.75, 3.05) is 5.32 Å². The average Bonchev–Trinajstić information content (AvgIpc) is 3.17. The fourth-order valence-corrected chi connectivity index (χ4v) is 2.81. The minimum Gasteiger partial charge on any atom is -0.403 e. The van der Waals surface area contributed by atoms with Crippen molar-refractivity contribution in [2.24, 2.45) is 0 Å². The maximum atomic E-state index is 5.90. The van der Waals surface area contributed by atoms with Crippen LogP contribution in [-0.4, -0.2) is 20.2 Å². The fraction of sp³-hybridized carbons (Fsp3) is 0.100. The fourth-order valence-electron chi connectivity index (χ4n) is 2.68. The van der Waals surface area contributed by atoms with E-state index in [1.54, 1.807) is 30.7 Å². The van der Waals surface area contributed by atoms with E-state index in [0.29, 0.717) is 16.9 Å². The maximum Gasteiger partial charge on any atom is 0.320 e. The highest BCUT2D eigenvalue weighted by Gasteiger charge is 2.14. The quantitative estimate of drug-likeness (QED) is 0.524. The molecule has 3 heterocycles. The van der Waals surface area contributed by atoms with Crippen molar-refractivity contribution >= 4 is 23.3 Å². The molecular weight excluding hydrogens is 362 g/mol. The van der Waals surface area contributed by atoms with E-state index >= 15 is 0 Å². The number of nitrogens with one attached hydrogen (secondary N) is 1. The zero-order chi connectivity index (χ0) is 18.5. The molecule has 134 valence electrons. The summed E-state index contributed by atoms with van der Waals surface area (Å²) in [6, 6.07) is 15.4. The van der Waals surface area contributed by atoms with Crippen LogP contribution in [0.3, 0.4) is 0 Å². The summed E-state index contributed by atoms with van der Waals surface area (Å²) in [6.45, 7) is 0. The normalized spacial score (nSPS) is 10.7. The molecule has 0 fully saturated rings. The van der Waals surface area contributed by atoms with Gasteiger partial charge in [0.2, 0.25) is 0 Å². The predicted octanol–water partition coefficient (Wildman–Crippen LogP) is 4.71. The van der Waals surface area contributed by atoms with Gasteiger partial charge in [-0.3, -0.25) is 9.97 Å². The molecule has 0 radical (unpaired) electrons. The number of aromatic nitrogens is 4. The number of anilines is 2. The molecule has 0 aliphatic rings. The first-order valence-electron chi connectivity index (χ1n) is 8.47. The summed E-state index contributed by atoms with van der Waals surface area (Å²) in [7, 11) is 0. The van der Waals surface area contributed by atoms with Crippen molar-refractivity contribution in [1.29, 1.82) is 0 Å². The van der Waals surface area contributed by atoms with Crippen LogP contribution in [0.15, 0.2) is 71.5 Å². The second kappa shape index (κ2) is 7.97. The molecular formula is C20H16ClN5O. The highest BCUT2D eigenvalue weighted by Crippen LogP contribution is 2.25. The Labute approximate surface area is 161 Å². The molecule has 0 amide bonds. The summed E-state index contributed by atoms with van der Waals surface area (Å²) in [6.07, 6.45) is 6.98. The molecule has 0 saturated heterocycles. The van der Waals surface area contributed by atoms with Gasteiger partial charge in [0, 0.05) is 29.3 Å². The highest BCUT2D eigenvalue weighted by molar-refractivity contribution is 6.30. The van der Waals surface area contributed by atoms with E-state index in [1.807, 2.05) is 36.4 Å². The summed E-state index contributed by atoms with van der Waals surface area (Å²) in [4.78, 5) is 8.54. The van der Waals surface area contributed by atoms with Gasteiger partial charge in [-0.25, -0.2) is 0 Å². The lowest BCUT2D eigenvalue weighted by atomic mass is 10.1. The minimum absolute atomic E-state index is 0.316. The van der Waals surface area contributed by atoms with Gasteiger partial charge in [0.15, 0.2) is 0 Å². The Morgan fingerprint density at radius 1 is 0.889 bits per heavy atom. The van der Waals surface area contributed by atoms with E-state index in [1.165, 1.54) is 5.56 Å². The van der Waals surface area contributed by atoms with Gasteiger partial charge in [0.25, 0.3) is 5.89 Å². The molecule has 1 N–H and O–H groups in total. The lowest BCUT2D eigenvalue weighted by Crippen LogP contribution is -1.97. The topological polar surface area (TPSA) is 76.7 Å². The van der Waals surface area contributed by atoms with Crippen LogP contribution in [-0.2, 0) is 12.8 Å². The number of benzene rings is 1. The van der Waals surface area contributed by atoms with Crippen molar-refractivity contribution in [1.82, 2.24) is 20.2 Å². The van der Waals surface area contributed by atoms with Crippen molar-refractivity contribution in [2.45, 2.75) is 12.8 Å². The highest BCUT2D eigenvalue weighted by atomic mass is 35.5. The third-order valence-corrected chi connectivity index (χ3v) is 4.29. The summed E-state index contributed by atoms with van der Waals surface area (Å²) >= 11 is 5.90. The molecule has 0 aliphatic heterocycles. The van der Waals surface area contributed by atoms with E-state index in [4.69, 9.17) is 16.0 Å². The van der Waals surface area contributed by atoms with Gasteiger partial charge >= 0.3 is 6.01 Å². The largest absolute Gasteiger partial charge is 0.403 e. The number of halogens is 1. The van der Waals surface area contributed by atoms with E-state index in [9.17, 15) is 0 Å². The molecule has 1 aromatic carbocycles. The van der Waals surface area contributed by atoms with E-state index in [-0.39, 0.29) is 0 Å². The van der Waals surface area contributed by atoms with Crippen LogP contribution >= 0.6 is 11.6 Å². The average molecular weight is 378 g/mol. The number of rotatable bonds is 6. The summed E-state index contributed by atoms with van der Waals surface area (Å²) in [5, 5.41) is 12.0. The molecule has 0 aliphatic carbocycles. The standard InChI is InChI=1S/C20H16ClN5O/c21-15-4-6-16(7-5-15)24-20-26-25-19(27-20)17-2-1-11-23-18(17)8-3-14-9-12-22-13-10-14/h1-2,4-7,9-13H,3,8H2,(H,24,26). The molecule has 0 unspecified atom stereocenters. The summed E-state index contributed by atoms with van der Waals surface area (Å²) in [5.74, 6) is 0.435. The van der Waals surface area contributed by atoms with Crippen LogP contribution in [0.25, 0.3) is 11.5 Å². The summed E-state index contributed by atoms with van der Waals surface area (Å²) in [5.41, 5.74) is 3.77. The Balaban J connectivity index is 1.52. The third-order valence-electron chi connectivity index (χ3n) is 4.04. The Bertz CT molecular complexity index is 1020. The van der Waals surface area contributed by atoms with Gasteiger partial charge in [0.05, 0.1) is 11.3 Å². The molecule has 0 atom stereocenters. The van der Waals surface area contributed by atoms with Crippen molar-refractivity contribution in [3.8, 4) is 11.5 Å². The van der Waals surface area contributed by atoms with Gasteiger partial charge in [-0.1, -0.05) is 16.7 Å². The van der Waals surface area contributed by atoms with E-state index in [0.717, 1.165) is 29.8 Å². The molecule has 3 aromatic heterocycles. The molecule has 27 heavy (non-hydrogen) atoms. The molecule has 0 spiro atoms. The van der Waals surface area contributed by atoms with Gasteiger partial charge in [-0.2, -0.15) is 0 Å². The SMILES string of the molecule is Clc1ccc(Nc2nnc(-c3cccnc3CCc3ccncc3)o2)cc1. The smallest absolute Gasteiger partial charge is 0.320 e. The molecule has 0 bridgehead atoms. The van der Waals surface area contributed by atoms with Gasteiger partial charge in [0.1, 0.15) is 0 Å². The van der Waals surface area contributed by atoms with E-state index in [2.05, 4.69) is 25.5 Å². The molecule has 7 heteroatoms. The number of aryl methyl sites for hydroxylation is 2. The Morgan fingerprint density at radius 3 is 2.52 bits per heavy atom. The summed E-state index contributed by atoms with van der Waals surface area (Å²) < 4.78 is 5.78. The lowest BCUT2D eigenvalue weighted by Gasteiger charge is -2.05. The number of nitrogens with zero attached hydrogens (tertiary/aromatic N) is 4. The van der Waals surface area contributed by atoms with Crippen molar-refractivity contribution in [3.63, 3.8) is 0 Å². The Morgan fingerprint density at radius 2 is 1.70 bits per heavy atom. The minimum atomic E-state index is 0.316. The first-order chi connectivity index (χ1) is 13.3.